The van der Waals surface area contributed by atoms with E-state index < -0.39 is 11.6 Å². The summed E-state index contributed by atoms with van der Waals surface area (Å²) in [6.45, 7) is 0. The van der Waals surface area contributed by atoms with Crippen LogP contribution in [0.2, 0.25) is 0 Å². The Balaban J connectivity index is 0. The molecular weight excluding hydrogens is 94.1 g/mol. The van der Waals surface area contributed by atoms with Crippen LogP contribution in [0.3, 0.4) is 0 Å². The van der Waals surface area contributed by atoms with E-state index in [1.54, 1.807) is 0 Å². The monoisotopic (exact) mass is 95.0 g/mol. The van der Waals surface area contributed by atoms with Crippen molar-refractivity contribution < 1.29 is 8.42 Å². The number of rotatable bonds is 0. The van der Waals surface area contributed by atoms with E-state index in [0.29, 0.717) is 0 Å². The van der Waals surface area contributed by atoms with Gasteiger partial charge >= 0.3 is 11.6 Å². The third-order valence-electron chi connectivity index (χ3n) is 0. The molecule has 1 N–H and O–H groups in total. The minimum atomic E-state index is -0.750. The quantitative estimate of drug-likeness (QED) is 0.418. The van der Waals surface area contributed by atoms with E-state index in [-0.39, 0.29) is 0 Å². The van der Waals surface area contributed by atoms with Crippen LogP contribution in [0.1, 0.15) is 0 Å². The van der Waals surface area contributed by atoms with Gasteiger partial charge in [-0.25, -0.2) is 0 Å². The van der Waals surface area contributed by atoms with Crippen LogP contribution in [-0.2, 0) is 11.6 Å². The van der Waals surface area contributed by atoms with Gasteiger partial charge in [0, 0.05) is 0 Å². The third-order valence-corrected chi connectivity index (χ3v) is 0. The first-order valence-electron chi connectivity index (χ1n) is 0.537. The highest BCUT2D eigenvalue weighted by Crippen LogP contribution is 0.846. The summed E-state index contributed by atoms with van der Waals surface area (Å²) in [6, 6.07) is 0. The first-order valence-corrected chi connectivity index (χ1v) is 1.20. The maximum absolute atomic E-state index is 8.29. The Morgan fingerprint density at radius 1 is 1.20 bits per heavy atom. The van der Waals surface area contributed by atoms with Crippen molar-refractivity contribution in [2.24, 2.45) is 0 Å². The average molecular weight is 95.1 g/mol. The van der Waals surface area contributed by atoms with Gasteiger partial charge < -0.3 is 0 Å². The van der Waals surface area contributed by atoms with Crippen LogP contribution in [0, 0.1) is 10.5 Å². The molecule has 0 aliphatic rings. The second-order valence-corrected chi connectivity index (χ2v) is 0.204. The van der Waals surface area contributed by atoms with Crippen LogP contribution in [0.25, 0.3) is 0 Å². The molecule has 0 amide bonds. The number of hydrogen-bond acceptors (Lipinski definition) is 4. The zero-order valence-corrected chi connectivity index (χ0v) is 2.95. The lowest BCUT2D eigenvalue weighted by Crippen LogP contribution is -1.18. The van der Waals surface area contributed by atoms with Crippen molar-refractivity contribution in [3.63, 3.8) is 0 Å². The Morgan fingerprint density at radius 3 is 1.20 bits per heavy atom. The Morgan fingerprint density at radius 2 is 1.20 bits per heavy atom. The van der Waals surface area contributed by atoms with E-state index in [1.165, 1.54) is 0 Å². The van der Waals surface area contributed by atoms with E-state index in [4.69, 9.17) is 13.3 Å². The van der Waals surface area contributed by atoms with Crippen LogP contribution in [0.4, 0.5) is 0 Å². The molecule has 0 saturated heterocycles. The summed E-state index contributed by atoms with van der Waals surface area (Å²) in [6.07, 6.45) is 0. The van der Waals surface area contributed by atoms with E-state index >= 15 is 0 Å². The van der Waals surface area contributed by atoms with Crippen molar-refractivity contribution in [1.82, 2.24) is 0 Å². The van der Waals surface area contributed by atoms with Gasteiger partial charge in [-0.2, -0.15) is 13.3 Å². The Bertz CT molecular complexity index is 36.2. The van der Waals surface area contributed by atoms with Gasteiger partial charge in [0.2, 0.25) is 0 Å². The van der Waals surface area contributed by atoms with Gasteiger partial charge in [-0.3, -0.25) is 0 Å². The molecule has 4 nitrogen and oxygen atoms in total. The predicted molar refractivity (Wildman–Crippen MR) is 15.0 cm³/mol. The zero-order valence-electron chi connectivity index (χ0n) is 2.13. The van der Waals surface area contributed by atoms with Crippen LogP contribution in [0.5, 0.6) is 0 Å². The van der Waals surface area contributed by atoms with E-state index in [2.05, 4.69) is 5.59 Å². The van der Waals surface area contributed by atoms with Crippen molar-refractivity contribution in [3.05, 3.63) is 4.91 Å². The summed E-state index contributed by atoms with van der Waals surface area (Å²) in [5.74, 6) is 0. The number of hydrogen-bond donors (Lipinski definition) is 1. The fourth-order valence-corrected chi connectivity index (χ4v) is 0. The Hall–Kier alpha value is -0.580. The molecule has 0 bridgehead atoms. The molecule has 0 unspecified atom stereocenters. The van der Waals surface area contributed by atoms with E-state index in [0.717, 1.165) is 0 Å². The molecule has 0 aromatic heterocycles. The predicted octanol–water partition coefficient (Wildman–Crippen LogP) is -0.339. The molecule has 0 atom stereocenters. The summed E-state index contributed by atoms with van der Waals surface area (Å²) in [7, 11) is 0. The number of nitrogens with one attached hydrogen (secondary N) is 1. The summed E-state index contributed by atoms with van der Waals surface area (Å²) in [4.78, 5) is 7.50. The van der Waals surface area contributed by atoms with Crippen LogP contribution >= 0.6 is 0 Å². The van der Waals surface area contributed by atoms with Crippen molar-refractivity contribution in [1.29, 1.82) is 5.59 Å². The first-order chi connectivity index (χ1) is 2.41. The molecule has 30 valence electrons. The standard InChI is InChI=1S/HNO.O2S/c1-2;1-3-2/h1H;. The molecular formula is HNO3S. The Kier molecular flexibility index (Phi) is 200. The molecule has 0 saturated carbocycles. The summed E-state index contributed by atoms with van der Waals surface area (Å²) in [5, 5.41) is 0. The van der Waals surface area contributed by atoms with Gasteiger partial charge in [0.25, 0.3) is 0 Å². The molecule has 5 heteroatoms. The lowest BCUT2D eigenvalue weighted by Gasteiger charge is -0.947. The van der Waals surface area contributed by atoms with E-state index in [9.17, 15) is 0 Å². The van der Waals surface area contributed by atoms with Crippen molar-refractivity contribution in [2.45, 2.75) is 0 Å². The van der Waals surface area contributed by atoms with Gasteiger partial charge in [-0.1, -0.05) is 5.59 Å². The molecule has 0 aliphatic heterocycles. The van der Waals surface area contributed by atoms with Crippen LogP contribution < -0.4 is 0 Å². The van der Waals surface area contributed by atoms with Gasteiger partial charge in [0.05, 0.1) is 0 Å². The molecule has 0 radical (unpaired) electrons. The topological polar surface area (TPSA) is 75.1 Å². The Labute approximate surface area is 31.6 Å². The zero-order chi connectivity index (χ0) is 4.71. The van der Waals surface area contributed by atoms with Gasteiger partial charge in [-0.05, 0) is 0 Å². The minimum absolute atomic E-state index is 0.750. The number of nitroso groups, excluding NO2 is 1. The van der Waals surface area contributed by atoms with Gasteiger partial charge in [0.15, 0.2) is 0 Å². The summed E-state index contributed by atoms with van der Waals surface area (Å²) >= 11 is -0.750. The molecule has 0 aliphatic carbocycles. The highest BCUT2D eigenvalue weighted by atomic mass is 32.1. The second kappa shape index (κ2) is 114. The van der Waals surface area contributed by atoms with Crippen molar-refractivity contribution >= 4 is 11.6 Å². The lowest BCUT2D eigenvalue weighted by atomic mass is 13.8. The summed E-state index contributed by atoms with van der Waals surface area (Å²) < 4.78 is 16.6. The molecule has 0 heterocycles. The molecule has 0 aromatic rings. The molecule has 0 spiro atoms. The smallest absolute Gasteiger partial charge is 0.168 e. The first kappa shape index (κ1) is 8.83. The van der Waals surface area contributed by atoms with Gasteiger partial charge in [0.1, 0.15) is 0 Å². The lowest BCUT2D eigenvalue weighted by molar-refractivity contribution is 0.630. The van der Waals surface area contributed by atoms with Crippen LogP contribution in [0.15, 0.2) is 0 Å². The molecule has 0 fully saturated rings. The van der Waals surface area contributed by atoms with Crippen molar-refractivity contribution in [3.8, 4) is 0 Å². The maximum atomic E-state index is 8.29. The highest BCUT2D eigenvalue weighted by molar-refractivity contribution is 7.51. The maximum Gasteiger partial charge on any atom is 0.335 e. The van der Waals surface area contributed by atoms with Gasteiger partial charge in [-0.15, -0.1) is 0 Å². The highest BCUT2D eigenvalue weighted by Gasteiger charge is 1.12. The normalized spacial score (nSPS) is 3.20. The minimum Gasteiger partial charge on any atom is -0.168 e. The third kappa shape index (κ3) is 20.5. The fourth-order valence-electron chi connectivity index (χ4n) is 0. The second-order valence-electron chi connectivity index (χ2n) is 0.0680. The molecule has 0 aromatic carbocycles. The average Bonchev–Trinajstić information content (AvgIpc) is 1.46. The largest absolute Gasteiger partial charge is 0.335 e. The molecule has 0 rings (SSSR count). The van der Waals surface area contributed by atoms with E-state index in [1.807, 2.05) is 0 Å². The van der Waals surface area contributed by atoms with Crippen molar-refractivity contribution in [2.75, 3.05) is 0 Å². The SMILES string of the molecule is N=O.O=S=O. The molecule has 5 heavy (non-hydrogen) atoms. The summed E-state index contributed by atoms with van der Waals surface area (Å²) in [5.41, 5.74) is 4.50. The fraction of sp³-hybridized carbons (Fsp3) is 0. The van der Waals surface area contributed by atoms with Crippen LogP contribution in [-0.4, -0.2) is 8.42 Å².